The molecule has 1 aromatic heterocycles. The number of methoxy groups -OCH3 is 1. The lowest BCUT2D eigenvalue weighted by molar-refractivity contribution is 0.0599. The highest BCUT2D eigenvalue weighted by molar-refractivity contribution is 6.00. The molecular formula is C15H21N3O3. The van der Waals surface area contributed by atoms with Crippen LogP contribution in [-0.4, -0.2) is 41.5 Å². The van der Waals surface area contributed by atoms with Crippen LogP contribution in [0.3, 0.4) is 0 Å². The minimum Gasteiger partial charge on any atom is -0.465 e. The zero-order valence-corrected chi connectivity index (χ0v) is 13.1. The topological polar surface area (TPSA) is 86.2 Å². The van der Waals surface area contributed by atoms with Gasteiger partial charge in [-0.2, -0.15) is 5.26 Å². The summed E-state index contributed by atoms with van der Waals surface area (Å²) in [6.07, 6.45) is 0.270. The summed E-state index contributed by atoms with van der Waals surface area (Å²) in [5, 5.41) is 8.70. The molecule has 0 saturated heterocycles. The van der Waals surface area contributed by atoms with Crippen LogP contribution in [0.25, 0.3) is 0 Å². The molecule has 0 aliphatic carbocycles. The third-order valence-corrected chi connectivity index (χ3v) is 3.39. The Labute approximate surface area is 124 Å². The average Bonchev–Trinajstić information content (AvgIpc) is 2.73. The lowest BCUT2D eigenvalue weighted by Crippen LogP contribution is -2.38. The minimum absolute atomic E-state index is 0.0320. The number of aromatic nitrogens is 1. The largest absolute Gasteiger partial charge is 0.465 e. The number of esters is 1. The van der Waals surface area contributed by atoms with Gasteiger partial charge in [0.15, 0.2) is 0 Å². The van der Waals surface area contributed by atoms with Crippen molar-refractivity contribution in [3.8, 4) is 6.07 Å². The SMILES string of the molecule is COC(=O)c1c(C)[nH]c(C(=O)N(CCC#N)C(C)C)c1C. The van der Waals surface area contributed by atoms with Gasteiger partial charge in [0, 0.05) is 18.3 Å². The first-order chi connectivity index (χ1) is 9.84. The molecule has 1 N–H and O–H groups in total. The van der Waals surface area contributed by atoms with E-state index in [9.17, 15) is 9.59 Å². The second-order valence-electron chi connectivity index (χ2n) is 5.12. The van der Waals surface area contributed by atoms with Gasteiger partial charge in [0.2, 0.25) is 0 Å². The molecule has 1 rings (SSSR count). The number of nitrogens with one attached hydrogen (secondary N) is 1. The number of H-pyrrole nitrogens is 1. The van der Waals surface area contributed by atoms with E-state index in [1.54, 1.807) is 18.7 Å². The van der Waals surface area contributed by atoms with E-state index in [4.69, 9.17) is 10.00 Å². The minimum atomic E-state index is -0.464. The second kappa shape index (κ2) is 6.93. The van der Waals surface area contributed by atoms with Crippen molar-refractivity contribution < 1.29 is 14.3 Å². The highest BCUT2D eigenvalue weighted by Gasteiger charge is 2.26. The molecule has 1 aromatic rings. The fourth-order valence-electron chi connectivity index (χ4n) is 2.28. The Balaban J connectivity index is 3.18. The van der Waals surface area contributed by atoms with Crippen molar-refractivity contribution in [3.05, 3.63) is 22.5 Å². The Kier molecular flexibility index (Phi) is 5.53. The predicted octanol–water partition coefficient (Wildman–Crippen LogP) is 2.18. The summed E-state index contributed by atoms with van der Waals surface area (Å²) >= 11 is 0. The maximum absolute atomic E-state index is 12.6. The lowest BCUT2D eigenvalue weighted by atomic mass is 10.1. The maximum atomic E-state index is 12.6. The smallest absolute Gasteiger partial charge is 0.339 e. The van der Waals surface area contributed by atoms with Crippen LogP contribution in [0.2, 0.25) is 0 Å². The second-order valence-corrected chi connectivity index (χ2v) is 5.12. The Hall–Kier alpha value is -2.29. The number of aromatic amines is 1. The number of aryl methyl sites for hydroxylation is 1. The first kappa shape index (κ1) is 16.8. The molecule has 21 heavy (non-hydrogen) atoms. The molecule has 0 unspecified atom stereocenters. The zero-order valence-electron chi connectivity index (χ0n) is 13.1. The van der Waals surface area contributed by atoms with Crippen molar-refractivity contribution >= 4 is 11.9 Å². The Morgan fingerprint density at radius 1 is 1.38 bits per heavy atom. The van der Waals surface area contributed by atoms with Crippen LogP contribution < -0.4 is 0 Å². The van der Waals surface area contributed by atoms with Crippen molar-refractivity contribution in [3.63, 3.8) is 0 Å². The van der Waals surface area contributed by atoms with Crippen LogP contribution >= 0.6 is 0 Å². The maximum Gasteiger partial charge on any atom is 0.339 e. The average molecular weight is 291 g/mol. The number of amides is 1. The summed E-state index contributed by atoms with van der Waals surface area (Å²) in [5.41, 5.74) is 1.95. The van der Waals surface area contributed by atoms with Gasteiger partial charge in [-0.25, -0.2) is 4.79 Å². The highest BCUT2D eigenvalue weighted by Crippen LogP contribution is 2.21. The van der Waals surface area contributed by atoms with E-state index in [0.29, 0.717) is 29.1 Å². The summed E-state index contributed by atoms with van der Waals surface area (Å²) in [5.74, 6) is -0.676. The van der Waals surface area contributed by atoms with E-state index in [1.807, 2.05) is 19.9 Å². The molecule has 0 fully saturated rings. The van der Waals surface area contributed by atoms with Gasteiger partial charge >= 0.3 is 5.97 Å². The van der Waals surface area contributed by atoms with Crippen molar-refractivity contribution in [2.75, 3.05) is 13.7 Å². The first-order valence-corrected chi connectivity index (χ1v) is 6.80. The zero-order chi connectivity index (χ0) is 16.2. The predicted molar refractivity (Wildman–Crippen MR) is 78.0 cm³/mol. The molecule has 0 bridgehead atoms. The van der Waals surface area contributed by atoms with E-state index < -0.39 is 5.97 Å². The molecule has 0 aromatic carbocycles. The molecule has 0 aliphatic heterocycles. The first-order valence-electron chi connectivity index (χ1n) is 6.80. The monoisotopic (exact) mass is 291 g/mol. The molecule has 0 radical (unpaired) electrons. The molecule has 1 amide bonds. The van der Waals surface area contributed by atoms with Gasteiger partial charge in [-0.15, -0.1) is 0 Å². The van der Waals surface area contributed by atoms with E-state index in [2.05, 4.69) is 4.98 Å². The summed E-state index contributed by atoms with van der Waals surface area (Å²) < 4.78 is 4.74. The lowest BCUT2D eigenvalue weighted by Gasteiger charge is -2.25. The van der Waals surface area contributed by atoms with E-state index in [1.165, 1.54) is 7.11 Å². The number of nitrogens with zero attached hydrogens (tertiary/aromatic N) is 2. The van der Waals surface area contributed by atoms with Gasteiger partial charge < -0.3 is 14.6 Å². The van der Waals surface area contributed by atoms with E-state index >= 15 is 0 Å². The summed E-state index contributed by atoms with van der Waals surface area (Å²) in [6.45, 7) is 7.58. The van der Waals surface area contributed by atoms with Crippen LogP contribution in [0.4, 0.5) is 0 Å². The number of nitriles is 1. The molecular weight excluding hydrogens is 270 g/mol. The quantitative estimate of drug-likeness (QED) is 0.842. The fourth-order valence-corrected chi connectivity index (χ4v) is 2.28. The molecule has 6 heteroatoms. The molecule has 0 aliphatic rings. The van der Waals surface area contributed by atoms with Gasteiger partial charge in [-0.05, 0) is 33.3 Å². The standard InChI is InChI=1S/C15H21N3O3/c1-9(2)18(8-6-7-16)14(19)13-10(3)12(11(4)17-13)15(20)21-5/h9,17H,6,8H2,1-5H3. The van der Waals surface area contributed by atoms with Crippen LogP contribution in [-0.2, 0) is 4.74 Å². The molecule has 114 valence electrons. The van der Waals surface area contributed by atoms with Crippen LogP contribution in [0.5, 0.6) is 0 Å². The number of carbonyl (C=O) groups is 2. The van der Waals surface area contributed by atoms with Crippen LogP contribution in [0.15, 0.2) is 0 Å². The number of hydrogen-bond acceptors (Lipinski definition) is 4. The Morgan fingerprint density at radius 3 is 2.48 bits per heavy atom. The summed E-state index contributed by atoms with van der Waals surface area (Å²) in [4.78, 5) is 29.0. The van der Waals surface area contributed by atoms with Gasteiger partial charge in [0.25, 0.3) is 5.91 Å². The fraction of sp³-hybridized carbons (Fsp3) is 0.533. The summed E-state index contributed by atoms with van der Waals surface area (Å²) in [7, 11) is 1.31. The molecule has 1 heterocycles. The number of ether oxygens (including phenoxy) is 1. The van der Waals surface area contributed by atoms with Crippen molar-refractivity contribution in [1.82, 2.24) is 9.88 Å². The highest BCUT2D eigenvalue weighted by atomic mass is 16.5. The van der Waals surface area contributed by atoms with E-state index in [-0.39, 0.29) is 18.4 Å². The van der Waals surface area contributed by atoms with Gasteiger partial charge in [-0.3, -0.25) is 4.79 Å². The summed E-state index contributed by atoms with van der Waals surface area (Å²) in [6, 6.07) is 2.01. The van der Waals surface area contributed by atoms with Gasteiger partial charge in [-0.1, -0.05) is 0 Å². The van der Waals surface area contributed by atoms with Crippen LogP contribution in [0.1, 0.15) is 52.4 Å². The molecule has 0 atom stereocenters. The van der Waals surface area contributed by atoms with Gasteiger partial charge in [0.05, 0.1) is 25.2 Å². The third-order valence-electron chi connectivity index (χ3n) is 3.39. The van der Waals surface area contributed by atoms with E-state index in [0.717, 1.165) is 0 Å². The number of rotatable bonds is 5. The molecule has 0 saturated carbocycles. The van der Waals surface area contributed by atoms with Gasteiger partial charge in [0.1, 0.15) is 5.69 Å². The van der Waals surface area contributed by atoms with Crippen molar-refractivity contribution in [2.24, 2.45) is 0 Å². The van der Waals surface area contributed by atoms with Crippen LogP contribution in [0, 0.1) is 25.2 Å². The Bertz CT molecular complexity index is 582. The van der Waals surface area contributed by atoms with Crippen molar-refractivity contribution in [1.29, 1.82) is 5.26 Å². The third kappa shape index (κ3) is 3.43. The molecule has 0 spiro atoms. The normalized spacial score (nSPS) is 10.3. The number of hydrogen-bond donors (Lipinski definition) is 1. The van der Waals surface area contributed by atoms with Crippen molar-refractivity contribution in [2.45, 2.75) is 40.2 Å². The number of carbonyl (C=O) groups excluding carboxylic acids is 2. The Morgan fingerprint density at radius 2 is 2.00 bits per heavy atom. The molecule has 6 nitrogen and oxygen atoms in total.